The van der Waals surface area contributed by atoms with Gasteiger partial charge in [-0.1, -0.05) is 43.7 Å². The van der Waals surface area contributed by atoms with Crippen LogP contribution in [0.5, 0.6) is 0 Å². The van der Waals surface area contributed by atoms with E-state index in [0.717, 1.165) is 5.56 Å². The van der Waals surface area contributed by atoms with Crippen LogP contribution in [0, 0.1) is 0 Å². The number of hydrogen-bond acceptors (Lipinski definition) is 2. The van der Waals surface area contributed by atoms with Gasteiger partial charge in [-0.25, -0.2) is 9.59 Å². The monoisotopic (exact) mass is 278 g/mol. The fraction of sp³-hybridized carbons (Fsp3) is 0.467. The van der Waals surface area contributed by atoms with Crippen molar-refractivity contribution in [1.29, 1.82) is 0 Å². The molecule has 20 heavy (non-hydrogen) atoms. The van der Waals surface area contributed by atoms with Gasteiger partial charge in [-0.05, 0) is 25.8 Å². The van der Waals surface area contributed by atoms with Gasteiger partial charge in [0.1, 0.15) is 5.54 Å². The molecule has 2 unspecified atom stereocenters. The molecule has 0 aliphatic heterocycles. The first-order valence-electron chi connectivity index (χ1n) is 6.76. The van der Waals surface area contributed by atoms with Crippen molar-refractivity contribution < 1.29 is 14.7 Å². The van der Waals surface area contributed by atoms with Gasteiger partial charge in [0, 0.05) is 0 Å². The molecule has 0 saturated carbocycles. The number of amides is 2. The molecule has 0 bridgehead atoms. The smallest absolute Gasteiger partial charge is 0.329 e. The van der Waals surface area contributed by atoms with Gasteiger partial charge in [0.15, 0.2) is 0 Å². The number of carboxylic acids is 1. The second-order valence-electron chi connectivity index (χ2n) is 5.12. The Bertz CT molecular complexity index is 461. The highest BCUT2D eigenvalue weighted by Crippen LogP contribution is 2.14. The number of carbonyl (C=O) groups excluding carboxylic acids is 1. The maximum absolute atomic E-state index is 11.9. The molecule has 0 aliphatic rings. The lowest BCUT2D eigenvalue weighted by atomic mass is 9.96. The number of urea groups is 1. The normalized spacial score (nSPS) is 14.9. The highest BCUT2D eigenvalue weighted by molar-refractivity contribution is 5.85. The summed E-state index contributed by atoms with van der Waals surface area (Å²) in [4.78, 5) is 23.2. The zero-order chi connectivity index (χ0) is 15.2. The van der Waals surface area contributed by atoms with E-state index < -0.39 is 17.5 Å². The lowest BCUT2D eigenvalue weighted by Crippen LogP contribution is -2.55. The molecule has 0 heterocycles. The lowest BCUT2D eigenvalue weighted by molar-refractivity contribution is -0.144. The summed E-state index contributed by atoms with van der Waals surface area (Å²) in [6.07, 6.45) is 1.06. The van der Waals surface area contributed by atoms with Crippen LogP contribution < -0.4 is 10.6 Å². The number of carbonyl (C=O) groups is 2. The molecule has 0 aromatic heterocycles. The summed E-state index contributed by atoms with van der Waals surface area (Å²) in [5.74, 6) is -1.03. The molecule has 1 aromatic rings. The van der Waals surface area contributed by atoms with Crippen molar-refractivity contribution in [3.8, 4) is 0 Å². The molecule has 0 aliphatic carbocycles. The molecule has 1 aromatic carbocycles. The summed E-state index contributed by atoms with van der Waals surface area (Å²) >= 11 is 0. The summed E-state index contributed by atoms with van der Waals surface area (Å²) in [5, 5.41) is 14.5. The Morgan fingerprint density at radius 1 is 1.30 bits per heavy atom. The highest BCUT2D eigenvalue weighted by Gasteiger charge is 2.34. The SMILES string of the molecule is CCCC(C)(NC(=O)NC(C)c1ccccc1)C(=O)O. The number of benzene rings is 1. The number of nitrogens with one attached hydrogen (secondary N) is 2. The van der Waals surface area contributed by atoms with Gasteiger partial charge in [-0.2, -0.15) is 0 Å². The Morgan fingerprint density at radius 3 is 2.40 bits per heavy atom. The Balaban J connectivity index is 2.65. The minimum atomic E-state index is -1.24. The molecule has 5 heteroatoms. The van der Waals surface area contributed by atoms with Gasteiger partial charge >= 0.3 is 12.0 Å². The second-order valence-corrected chi connectivity index (χ2v) is 5.12. The van der Waals surface area contributed by atoms with Crippen LogP contribution in [-0.4, -0.2) is 22.6 Å². The zero-order valence-corrected chi connectivity index (χ0v) is 12.1. The molecular weight excluding hydrogens is 256 g/mol. The predicted octanol–water partition coefficient (Wildman–Crippen LogP) is 2.69. The average Bonchev–Trinajstić information content (AvgIpc) is 2.39. The summed E-state index contributed by atoms with van der Waals surface area (Å²) in [6, 6.07) is 8.85. The zero-order valence-electron chi connectivity index (χ0n) is 12.1. The predicted molar refractivity (Wildman–Crippen MR) is 77.5 cm³/mol. The molecule has 1 rings (SSSR count). The van der Waals surface area contributed by atoms with Crippen molar-refractivity contribution in [2.24, 2.45) is 0 Å². The molecule has 2 amide bonds. The van der Waals surface area contributed by atoms with E-state index in [0.29, 0.717) is 12.8 Å². The third kappa shape index (κ3) is 4.26. The summed E-state index contributed by atoms with van der Waals surface area (Å²) in [6.45, 7) is 5.26. The molecule has 0 saturated heterocycles. The Kier molecular flexibility index (Phi) is 5.55. The molecule has 0 radical (unpaired) electrons. The summed E-state index contributed by atoms with van der Waals surface area (Å²) in [5.41, 5.74) is -0.273. The van der Waals surface area contributed by atoms with Crippen LogP contribution in [0.25, 0.3) is 0 Å². The third-order valence-electron chi connectivity index (χ3n) is 3.26. The minimum Gasteiger partial charge on any atom is -0.480 e. The van der Waals surface area contributed by atoms with Crippen molar-refractivity contribution in [1.82, 2.24) is 10.6 Å². The van der Waals surface area contributed by atoms with Crippen LogP contribution >= 0.6 is 0 Å². The molecule has 0 spiro atoms. The van der Waals surface area contributed by atoms with Crippen molar-refractivity contribution >= 4 is 12.0 Å². The van der Waals surface area contributed by atoms with Gasteiger partial charge in [-0.3, -0.25) is 0 Å². The summed E-state index contributed by atoms with van der Waals surface area (Å²) < 4.78 is 0. The van der Waals surface area contributed by atoms with Crippen LogP contribution in [0.3, 0.4) is 0 Å². The lowest BCUT2D eigenvalue weighted by Gasteiger charge is -2.27. The van der Waals surface area contributed by atoms with Crippen molar-refractivity contribution in [2.45, 2.75) is 45.2 Å². The number of aliphatic carboxylic acids is 1. The number of rotatable bonds is 6. The van der Waals surface area contributed by atoms with Crippen LogP contribution in [0.1, 0.15) is 45.2 Å². The van der Waals surface area contributed by atoms with Crippen molar-refractivity contribution in [2.75, 3.05) is 0 Å². The standard InChI is InChI=1S/C15H22N2O3/c1-4-10-15(3,13(18)19)17-14(20)16-11(2)12-8-6-5-7-9-12/h5-9,11H,4,10H2,1-3H3,(H,18,19)(H2,16,17,20). The van der Waals surface area contributed by atoms with E-state index in [9.17, 15) is 14.7 Å². The Labute approximate surface area is 119 Å². The first kappa shape index (κ1) is 16.0. The summed E-state index contributed by atoms with van der Waals surface area (Å²) in [7, 11) is 0. The van der Waals surface area contributed by atoms with Gasteiger partial charge < -0.3 is 15.7 Å². The minimum absolute atomic E-state index is 0.184. The highest BCUT2D eigenvalue weighted by atomic mass is 16.4. The molecule has 110 valence electrons. The second kappa shape index (κ2) is 6.93. The van der Waals surface area contributed by atoms with Gasteiger partial charge in [-0.15, -0.1) is 0 Å². The maximum Gasteiger partial charge on any atom is 0.329 e. The first-order chi connectivity index (χ1) is 9.39. The quantitative estimate of drug-likeness (QED) is 0.748. The van der Waals surface area contributed by atoms with E-state index in [4.69, 9.17) is 0 Å². The van der Waals surface area contributed by atoms with Gasteiger partial charge in [0.25, 0.3) is 0 Å². The van der Waals surface area contributed by atoms with Crippen molar-refractivity contribution in [3.63, 3.8) is 0 Å². The van der Waals surface area contributed by atoms with E-state index in [1.54, 1.807) is 0 Å². The van der Waals surface area contributed by atoms with E-state index >= 15 is 0 Å². The molecule has 2 atom stereocenters. The van der Waals surface area contributed by atoms with Gasteiger partial charge in [0.2, 0.25) is 0 Å². The fourth-order valence-corrected chi connectivity index (χ4v) is 2.03. The van der Waals surface area contributed by atoms with E-state index in [2.05, 4.69) is 10.6 Å². The van der Waals surface area contributed by atoms with Crippen LogP contribution in [0.4, 0.5) is 4.79 Å². The number of carboxylic acid groups (broad SMARTS) is 1. The number of hydrogen-bond donors (Lipinski definition) is 3. The Morgan fingerprint density at radius 2 is 1.90 bits per heavy atom. The van der Waals surface area contributed by atoms with E-state index in [1.807, 2.05) is 44.2 Å². The molecule has 5 nitrogen and oxygen atoms in total. The Hall–Kier alpha value is -2.04. The first-order valence-corrected chi connectivity index (χ1v) is 6.76. The van der Waals surface area contributed by atoms with E-state index in [-0.39, 0.29) is 6.04 Å². The average molecular weight is 278 g/mol. The largest absolute Gasteiger partial charge is 0.480 e. The topological polar surface area (TPSA) is 78.4 Å². The molecule has 0 fully saturated rings. The van der Waals surface area contributed by atoms with E-state index in [1.165, 1.54) is 6.92 Å². The maximum atomic E-state index is 11.9. The fourth-order valence-electron chi connectivity index (χ4n) is 2.03. The van der Waals surface area contributed by atoms with Crippen LogP contribution in [-0.2, 0) is 4.79 Å². The van der Waals surface area contributed by atoms with Crippen LogP contribution in [0.15, 0.2) is 30.3 Å². The van der Waals surface area contributed by atoms with Crippen molar-refractivity contribution in [3.05, 3.63) is 35.9 Å². The molecular formula is C15H22N2O3. The van der Waals surface area contributed by atoms with Gasteiger partial charge in [0.05, 0.1) is 6.04 Å². The van der Waals surface area contributed by atoms with Crippen LogP contribution in [0.2, 0.25) is 0 Å². The third-order valence-corrected chi connectivity index (χ3v) is 3.26. The molecule has 3 N–H and O–H groups in total.